The Morgan fingerprint density at radius 2 is 2.00 bits per heavy atom. The fraction of sp³-hybridized carbons (Fsp3) is 0.0714. The molecule has 1 amide bonds. The van der Waals surface area contributed by atoms with Crippen LogP contribution in [0.1, 0.15) is 0 Å². The monoisotopic (exact) mass is 290 g/mol. The molecule has 2 aromatic rings. The minimum Gasteiger partial charge on any atom is -0.482 e. The molecule has 1 aliphatic heterocycles. The molecule has 20 heavy (non-hydrogen) atoms. The van der Waals surface area contributed by atoms with Crippen molar-refractivity contribution in [1.82, 2.24) is 0 Å². The number of fused-ring (bicyclic) bond motifs is 1. The summed E-state index contributed by atoms with van der Waals surface area (Å²) < 4.78 is 18.2. The van der Waals surface area contributed by atoms with Gasteiger partial charge in [-0.25, -0.2) is 4.39 Å². The smallest absolute Gasteiger partial charge is 0.262 e. The lowest BCUT2D eigenvalue weighted by Crippen LogP contribution is -2.25. The summed E-state index contributed by atoms with van der Waals surface area (Å²) in [4.78, 5) is 12.9. The molecule has 0 spiro atoms. The predicted molar refractivity (Wildman–Crippen MR) is 75.5 cm³/mol. The van der Waals surface area contributed by atoms with Gasteiger partial charge in [-0.05, 0) is 30.3 Å². The number of hydrogen-bond donors (Lipinski definition) is 2. The van der Waals surface area contributed by atoms with E-state index in [4.69, 9.17) is 10.5 Å². The van der Waals surface area contributed by atoms with Gasteiger partial charge in [-0.15, -0.1) is 0 Å². The molecule has 0 bridgehead atoms. The average Bonchev–Trinajstić information content (AvgIpc) is 2.42. The molecular weight excluding hydrogens is 279 g/mol. The molecule has 0 radical (unpaired) electrons. The van der Waals surface area contributed by atoms with Crippen LogP contribution in [0.25, 0.3) is 0 Å². The first kappa shape index (κ1) is 12.8. The normalized spacial score (nSPS) is 13.3. The highest BCUT2D eigenvalue weighted by molar-refractivity contribution is 7.99. The lowest BCUT2D eigenvalue weighted by Gasteiger charge is -2.19. The zero-order chi connectivity index (χ0) is 14.1. The van der Waals surface area contributed by atoms with Crippen molar-refractivity contribution in [3.63, 3.8) is 0 Å². The van der Waals surface area contributed by atoms with Crippen LogP contribution >= 0.6 is 11.8 Å². The van der Waals surface area contributed by atoms with E-state index in [2.05, 4.69) is 5.32 Å². The van der Waals surface area contributed by atoms with E-state index in [-0.39, 0.29) is 18.3 Å². The molecule has 0 atom stereocenters. The van der Waals surface area contributed by atoms with Gasteiger partial charge in [0.1, 0.15) is 11.6 Å². The lowest BCUT2D eigenvalue weighted by molar-refractivity contribution is -0.118. The maximum atomic E-state index is 12.9. The first-order valence-electron chi connectivity index (χ1n) is 5.91. The third kappa shape index (κ3) is 2.55. The number of carbonyl (C=O) groups excluding carboxylic acids is 1. The van der Waals surface area contributed by atoms with E-state index in [1.165, 1.54) is 23.9 Å². The number of ether oxygens (including phenoxy) is 1. The summed E-state index contributed by atoms with van der Waals surface area (Å²) in [6.07, 6.45) is 0. The van der Waals surface area contributed by atoms with Crippen LogP contribution in [0.3, 0.4) is 0 Å². The van der Waals surface area contributed by atoms with Crippen molar-refractivity contribution < 1.29 is 13.9 Å². The van der Waals surface area contributed by atoms with Crippen LogP contribution in [0.2, 0.25) is 0 Å². The third-order valence-electron chi connectivity index (χ3n) is 2.79. The fourth-order valence-corrected chi connectivity index (χ4v) is 2.72. The molecule has 3 N–H and O–H groups in total. The van der Waals surface area contributed by atoms with Gasteiger partial charge in [-0.1, -0.05) is 11.8 Å². The second kappa shape index (κ2) is 5.05. The van der Waals surface area contributed by atoms with E-state index in [0.29, 0.717) is 17.1 Å². The van der Waals surface area contributed by atoms with E-state index in [0.717, 1.165) is 9.79 Å². The Labute approximate surface area is 119 Å². The topological polar surface area (TPSA) is 64.3 Å². The zero-order valence-corrected chi connectivity index (χ0v) is 11.2. The van der Waals surface area contributed by atoms with Crippen molar-refractivity contribution in [3.8, 4) is 5.75 Å². The van der Waals surface area contributed by atoms with Crippen LogP contribution in [0.15, 0.2) is 46.2 Å². The number of carbonyl (C=O) groups is 1. The van der Waals surface area contributed by atoms with Crippen molar-refractivity contribution in [3.05, 3.63) is 42.2 Å². The molecule has 4 nitrogen and oxygen atoms in total. The van der Waals surface area contributed by atoms with Crippen LogP contribution in [-0.2, 0) is 4.79 Å². The summed E-state index contributed by atoms with van der Waals surface area (Å²) in [6.45, 7) is -0.00308. The highest BCUT2D eigenvalue weighted by atomic mass is 32.2. The molecule has 6 heteroatoms. The lowest BCUT2D eigenvalue weighted by atomic mass is 10.2. The number of nitrogen functional groups attached to an aromatic ring is 1. The number of amides is 1. The molecular formula is C14H11FN2O2S. The van der Waals surface area contributed by atoms with Crippen LogP contribution < -0.4 is 15.8 Å². The molecule has 3 rings (SSSR count). The van der Waals surface area contributed by atoms with Crippen LogP contribution in [-0.4, -0.2) is 12.5 Å². The second-order valence-corrected chi connectivity index (χ2v) is 5.39. The Hall–Kier alpha value is -2.21. The van der Waals surface area contributed by atoms with E-state index in [1.807, 2.05) is 0 Å². The van der Waals surface area contributed by atoms with E-state index < -0.39 is 0 Å². The van der Waals surface area contributed by atoms with Crippen molar-refractivity contribution in [2.45, 2.75) is 9.79 Å². The van der Waals surface area contributed by atoms with Crippen molar-refractivity contribution >= 4 is 29.0 Å². The molecule has 0 aliphatic carbocycles. The minimum atomic E-state index is -0.284. The van der Waals surface area contributed by atoms with E-state index in [1.54, 1.807) is 24.3 Å². The maximum absolute atomic E-state index is 12.9. The summed E-state index contributed by atoms with van der Waals surface area (Å²) in [5.74, 6) is 0.0824. The number of nitrogens with two attached hydrogens (primary N) is 1. The number of anilines is 2. The summed E-state index contributed by atoms with van der Waals surface area (Å²) in [5, 5.41) is 2.73. The molecule has 102 valence electrons. The Morgan fingerprint density at radius 1 is 1.25 bits per heavy atom. The number of hydrogen-bond acceptors (Lipinski definition) is 4. The highest BCUT2D eigenvalue weighted by Crippen LogP contribution is 2.39. The van der Waals surface area contributed by atoms with Gasteiger partial charge in [-0.3, -0.25) is 4.79 Å². The van der Waals surface area contributed by atoms with Crippen molar-refractivity contribution in [1.29, 1.82) is 0 Å². The Bertz CT molecular complexity index is 674. The molecule has 2 aromatic carbocycles. The molecule has 0 saturated carbocycles. The molecule has 0 aromatic heterocycles. The van der Waals surface area contributed by atoms with Gasteiger partial charge in [-0.2, -0.15) is 0 Å². The minimum absolute atomic E-state index is 0.00308. The highest BCUT2D eigenvalue weighted by Gasteiger charge is 2.18. The van der Waals surface area contributed by atoms with E-state index >= 15 is 0 Å². The third-order valence-corrected chi connectivity index (χ3v) is 3.87. The number of rotatable bonds is 2. The van der Waals surface area contributed by atoms with Gasteiger partial charge >= 0.3 is 0 Å². The quantitative estimate of drug-likeness (QED) is 0.835. The molecule has 0 unspecified atom stereocenters. The molecule has 0 saturated heterocycles. The summed E-state index contributed by atoms with van der Waals surface area (Å²) in [6, 6.07) is 9.57. The van der Waals surface area contributed by atoms with Gasteiger partial charge in [0.15, 0.2) is 6.61 Å². The van der Waals surface area contributed by atoms with Gasteiger partial charge in [0.2, 0.25) is 0 Å². The molecule has 1 heterocycles. The first-order valence-corrected chi connectivity index (χ1v) is 6.73. The molecule has 0 fully saturated rings. The Kier molecular flexibility index (Phi) is 3.23. The first-order chi connectivity index (χ1) is 9.61. The second-order valence-electron chi connectivity index (χ2n) is 4.28. The molecule has 1 aliphatic rings. The predicted octanol–water partition coefficient (Wildman–Crippen LogP) is 2.89. The van der Waals surface area contributed by atoms with Gasteiger partial charge in [0.25, 0.3) is 5.91 Å². The van der Waals surface area contributed by atoms with Gasteiger partial charge in [0.05, 0.1) is 5.69 Å². The van der Waals surface area contributed by atoms with Crippen LogP contribution in [0.4, 0.5) is 15.8 Å². The SMILES string of the molecule is Nc1cc2c(cc1Sc1ccc(F)cc1)NC(=O)CO2. The number of benzene rings is 2. The van der Waals surface area contributed by atoms with Crippen molar-refractivity contribution in [2.24, 2.45) is 0 Å². The zero-order valence-electron chi connectivity index (χ0n) is 10.4. The largest absolute Gasteiger partial charge is 0.482 e. The van der Waals surface area contributed by atoms with Gasteiger partial charge in [0, 0.05) is 21.5 Å². The van der Waals surface area contributed by atoms with E-state index in [9.17, 15) is 9.18 Å². The number of nitrogens with one attached hydrogen (secondary N) is 1. The Balaban J connectivity index is 1.91. The maximum Gasteiger partial charge on any atom is 0.262 e. The summed E-state index contributed by atoms with van der Waals surface area (Å²) >= 11 is 1.40. The standard InChI is InChI=1S/C14H11FN2O2S/c15-8-1-3-9(4-2-8)20-13-6-11-12(5-10(13)16)19-7-14(18)17-11/h1-6H,7,16H2,(H,17,18). The van der Waals surface area contributed by atoms with Crippen molar-refractivity contribution in [2.75, 3.05) is 17.7 Å². The summed E-state index contributed by atoms with van der Waals surface area (Å²) in [7, 11) is 0. The average molecular weight is 290 g/mol. The van der Waals surface area contributed by atoms with Crippen LogP contribution in [0.5, 0.6) is 5.75 Å². The number of halogens is 1. The summed E-state index contributed by atoms with van der Waals surface area (Å²) in [5.41, 5.74) is 7.12. The Morgan fingerprint density at radius 3 is 2.75 bits per heavy atom. The van der Waals surface area contributed by atoms with Gasteiger partial charge < -0.3 is 15.8 Å². The fourth-order valence-electron chi connectivity index (χ4n) is 1.84. The van der Waals surface area contributed by atoms with Crippen LogP contribution in [0, 0.1) is 5.82 Å².